The molecule has 6 nitrogen and oxygen atoms in total. The molecule has 1 amide bonds. The second kappa shape index (κ2) is 4.48. The molecule has 0 atom stereocenters. The monoisotopic (exact) mass is 230 g/mol. The molecule has 0 spiro atoms. The lowest BCUT2D eigenvalue weighted by Crippen LogP contribution is -2.13. The molecule has 0 unspecified atom stereocenters. The first-order chi connectivity index (χ1) is 8.16. The molecule has 1 aromatic heterocycles. The number of nitrogen functional groups attached to an aromatic ring is 1. The van der Waals surface area contributed by atoms with Crippen LogP contribution in [0.4, 0.5) is 11.4 Å². The highest BCUT2D eigenvalue weighted by Crippen LogP contribution is 2.23. The van der Waals surface area contributed by atoms with Gasteiger partial charge >= 0.3 is 0 Å². The average Bonchev–Trinajstić information content (AvgIpc) is 2.34. The van der Waals surface area contributed by atoms with Crippen LogP contribution in [0.25, 0.3) is 0 Å². The summed E-state index contributed by atoms with van der Waals surface area (Å²) in [5.41, 5.74) is 6.75. The van der Waals surface area contributed by atoms with Crippen molar-refractivity contribution in [2.75, 3.05) is 11.1 Å². The number of hydrogen-bond donors (Lipinski definition) is 3. The summed E-state index contributed by atoms with van der Waals surface area (Å²) >= 11 is 0. The van der Waals surface area contributed by atoms with Crippen LogP contribution in [0.5, 0.6) is 5.75 Å². The number of rotatable bonds is 2. The summed E-state index contributed by atoms with van der Waals surface area (Å²) < 4.78 is 0. The van der Waals surface area contributed by atoms with Gasteiger partial charge in [0.05, 0.1) is 29.3 Å². The molecule has 0 aliphatic carbocycles. The van der Waals surface area contributed by atoms with E-state index in [1.807, 2.05) is 0 Å². The second-order valence-electron chi connectivity index (χ2n) is 3.36. The number of carbonyl (C=O) groups is 1. The number of nitrogens with one attached hydrogen (secondary N) is 1. The molecular formula is C11H10N4O2. The Hall–Kier alpha value is -2.63. The van der Waals surface area contributed by atoms with Crippen molar-refractivity contribution in [1.29, 1.82) is 0 Å². The molecule has 0 fully saturated rings. The van der Waals surface area contributed by atoms with Crippen molar-refractivity contribution in [3.63, 3.8) is 0 Å². The van der Waals surface area contributed by atoms with Gasteiger partial charge in [0.1, 0.15) is 5.75 Å². The summed E-state index contributed by atoms with van der Waals surface area (Å²) in [7, 11) is 0. The molecule has 6 heteroatoms. The smallest absolute Gasteiger partial charge is 0.257 e. The lowest BCUT2D eigenvalue weighted by molar-refractivity contribution is 0.102. The number of carbonyl (C=O) groups excluding carboxylic acids is 1. The molecular weight excluding hydrogens is 220 g/mol. The first-order valence-electron chi connectivity index (χ1n) is 4.83. The summed E-state index contributed by atoms with van der Waals surface area (Å²) in [5.74, 6) is -0.289. The Morgan fingerprint density at radius 3 is 2.76 bits per heavy atom. The molecule has 2 rings (SSSR count). The van der Waals surface area contributed by atoms with E-state index >= 15 is 0 Å². The minimum Gasteiger partial charge on any atom is -0.508 e. The van der Waals surface area contributed by atoms with Gasteiger partial charge in [0.2, 0.25) is 0 Å². The minimum absolute atomic E-state index is 0.0473. The van der Waals surface area contributed by atoms with Crippen molar-refractivity contribution >= 4 is 17.3 Å². The number of phenolic OH excluding ortho intramolecular Hbond substituents is 1. The highest BCUT2D eigenvalue weighted by atomic mass is 16.3. The maximum Gasteiger partial charge on any atom is 0.257 e. The summed E-state index contributed by atoms with van der Waals surface area (Å²) in [6, 6.07) is 5.87. The predicted molar refractivity (Wildman–Crippen MR) is 62.5 cm³/mol. The standard InChI is InChI=1S/C11H10N4O2/c12-9-5-8(16)1-2-10(9)15-11(17)7-3-4-13-14-6-7/h1-6,16H,12H2,(H,15,17). The van der Waals surface area contributed by atoms with Crippen LogP contribution in [0.1, 0.15) is 10.4 Å². The van der Waals surface area contributed by atoms with Crippen LogP contribution in [-0.2, 0) is 0 Å². The molecule has 4 N–H and O–H groups in total. The highest BCUT2D eigenvalue weighted by Gasteiger charge is 2.08. The topological polar surface area (TPSA) is 101 Å². The molecule has 2 aromatic rings. The van der Waals surface area contributed by atoms with Crippen molar-refractivity contribution in [3.05, 3.63) is 42.2 Å². The minimum atomic E-state index is -0.336. The van der Waals surface area contributed by atoms with E-state index in [9.17, 15) is 9.90 Å². The molecule has 0 saturated heterocycles. The van der Waals surface area contributed by atoms with Gasteiger partial charge in [-0.25, -0.2) is 0 Å². The van der Waals surface area contributed by atoms with Gasteiger partial charge in [0.15, 0.2) is 0 Å². The molecule has 0 radical (unpaired) electrons. The third kappa shape index (κ3) is 2.49. The number of aromatic nitrogens is 2. The van der Waals surface area contributed by atoms with E-state index < -0.39 is 0 Å². The van der Waals surface area contributed by atoms with Gasteiger partial charge in [-0.05, 0) is 18.2 Å². The molecule has 0 aliphatic heterocycles. The molecule has 86 valence electrons. The van der Waals surface area contributed by atoms with Crippen molar-refractivity contribution in [2.24, 2.45) is 0 Å². The Morgan fingerprint density at radius 1 is 1.29 bits per heavy atom. The van der Waals surface area contributed by atoms with E-state index in [0.29, 0.717) is 16.9 Å². The summed E-state index contributed by atoms with van der Waals surface area (Å²) in [5, 5.41) is 19.0. The normalized spacial score (nSPS) is 9.88. The lowest BCUT2D eigenvalue weighted by atomic mass is 10.2. The van der Waals surface area contributed by atoms with Gasteiger partial charge in [-0.3, -0.25) is 4.79 Å². The highest BCUT2D eigenvalue weighted by molar-refractivity contribution is 6.05. The van der Waals surface area contributed by atoms with Crippen LogP contribution in [-0.4, -0.2) is 21.2 Å². The zero-order valence-corrected chi connectivity index (χ0v) is 8.79. The Kier molecular flexibility index (Phi) is 2.87. The van der Waals surface area contributed by atoms with Crippen LogP contribution < -0.4 is 11.1 Å². The zero-order chi connectivity index (χ0) is 12.3. The average molecular weight is 230 g/mol. The SMILES string of the molecule is Nc1cc(O)ccc1NC(=O)c1ccnnc1. The number of hydrogen-bond acceptors (Lipinski definition) is 5. The van der Waals surface area contributed by atoms with Gasteiger partial charge in [0, 0.05) is 6.07 Å². The summed E-state index contributed by atoms with van der Waals surface area (Å²) in [6.45, 7) is 0. The van der Waals surface area contributed by atoms with E-state index in [1.165, 1.54) is 30.6 Å². The number of phenols is 1. The zero-order valence-electron chi connectivity index (χ0n) is 8.79. The molecule has 1 heterocycles. The summed E-state index contributed by atoms with van der Waals surface area (Å²) in [4.78, 5) is 11.8. The van der Waals surface area contributed by atoms with E-state index in [-0.39, 0.29) is 11.7 Å². The van der Waals surface area contributed by atoms with Crippen molar-refractivity contribution in [2.45, 2.75) is 0 Å². The number of amides is 1. The van der Waals surface area contributed by atoms with Crippen LogP contribution in [0.3, 0.4) is 0 Å². The van der Waals surface area contributed by atoms with Crippen LogP contribution >= 0.6 is 0 Å². The lowest BCUT2D eigenvalue weighted by Gasteiger charge is -2.07. The Labute approximate surface area is 97.1 Å². The van der Waals surface area contributed by atoms with Gasteiger partial charge < -0.3 is 16.2 Å². The Morgan fingerprint density at radius 2 is 2.12 bits per heavy atom. The van der Waals surface area contributed by atoms with Crippen LogP contribution in [0, 0.1) is 0 Å². The maximum absolute atomic E-state index is 11.8. The quantitative estimate of drug-likeness (QED) is 0.528. The summed E-state index contributed by atoms with van der Waals surface area (Å²) in [6.07, 6.45) is 2.78. The Balaban J connectivity index is 2.19. The van der Waals surface area contributed by atoms with Gasteiger partial charge in [-0.1, -0.05) is 0 Å². The number of aromatic hydroxyl groups is 1. The predicted octanol–water partition coefficient (Wildman–Crippen LogP) is 1.02. The molecule has 0 bridgehead atoms. The van der Waals surface area contributed by atoms with E-state index in [2.05, 4.69) is 15.5 Å². The third-order valence-corrected chi connectivity index (χ3v) is 2.13. The Bertz CT molecular complexity index is 542. The fraction of sp³-hybridized carbons (Fsp3) is 0. The second-order valence-corrected chi connectivity index (χ2v) is 3.36. The number of anilines is 2. The third-order valence-electron chi connectivity index (χ3n) is 2.13. The van der Waals surface area contributed by atoms with Crippen LogP contribution in [0.15, 0.2) is 36.7 Å². The molecule has 0 aliphatic rings. The van der Waals surface area contributed by atoms with E-state index in [4.69, 9.17) is 5.73 Å². The van der Waals surface area contributed by atoms with Crippen molar-refractivity contribution in [3.8, 4) is 5.75 Å². The molecule has 0 saturated carbocycles. The maximum atomic E-state index is 11.8. The van der Waals surface area contributed by atoms with Crippen molar-refractivity contribution in [1.82, 2.24) is 10.2 Å². The number of benzene rings is 1. The number of nitrogens with zero attached hydrogens (tertiary/aromatic N) is 2. The largest absolute Gasteiger partial charge is 0.508 e. The van der Waals surface area contributed by atoms with Gasteiger partial charge in [0.25, 0.3) is 5.91 Å². The fourth-order valence-corrected chi connectivity index (χ4v) is 1.28. The molecule has 17 heavy (non-hydrogen) atoms. The van der Waals surface area contributed by atoms with E-state index in [1.54, 1.807) is 6.07 Å². The fourth-order valence-electron chi connectivity index (χ4n) is 1.28. The van der Waals surface area contributed by atoms with Gasteiger partial charge in [-0.2, -0.15) is 10.2 Å². The molecule has 1 aromatic carbocycles. The first-order valence-corrected chi connectivity index (χ1v) is 4.83. The van der Waals surface area contributed by atoms with E-state index in [0.717, 1.165) is 0 Å². The number of nitrogens with two attached hydrogens (primary N) is 1. The van der Waals surface area contributed by atoms with Gasteiger partial charge in [-0.15, -0.1) is 0 Å². The first kappa shape index (κ1) is 10.9. The van der Waals surface area contributed by atoms with Crippen LogP contribution in [0.2, 0.25) is 0 Å². The van der Waals surface area contributed by atoms with Crippen molar-refractivity contribution < 1.29 is 9.90 Å².